The fourth-order valence-electron chi connectivity index (χ4n) is 3.88. The van der Waals surface area contributed by atoms with Crippen molar-refractivity contribution in [1.29, 1.82) is 0 Å². The maximum atomic E-state index is 13.5. The van der Waals surface area contributed by atoms with Gasteiger partial charge in [0.15, 0.2) is 11.5 Å². The van der Waals surface area contributed by atoms with Gasteiger partial charge in [0, 0.05) is 18.8 Å². The lowest BCUT2D eigenvalue weighted by molar-refractivity contribution is -0.133. The Kier molecular flexibility index (Phi) is 7.99. The van der Waals surface area contributed by atoms with E-state index in [-0.39, 0.29) is 37.7 Å². The van der Waals surface area contributed by atoms with E-state index < -0.39 is 0 Å². The summed E-state index contributed by atoms with van der Waals surface area (Å²) >= 11 is 0. The lowest BCUT2D eigenvalue weighted by Gasteiger charge is -2.28. The molecule has 3 amide bonds. The van der Waals surface area contributed by atoms with Crippen molar-refractivity contribution in [2.24, 2.45) is 5.92 Å². The van der Waals surface area contributed by atoms with Crippen LogP contribution >= 0.6 is 0 Å². The Morgan fingerprint density at radius 3 is 2.47 bits per heavy atom. The molecule has 0 atom stereocenters. The summed E-state index contributed by atoms with van der Waals surface area (Å²) in [6.07, 6.45) is 1.58. The molecule has 0 radical (unpaired) electrons. The predicted octanol–water partition coefficient (Wildman–Crippen LogP) is 4.74. The summed E-state index contributed by atoms with van der Waals surface area (Å²) in [4.78, 5) is 29.9. The summed E-state index contributed by atoms with van der Waals surface area (Å²) < 4.78 is 21.6. The maximum absolute atomic E-state index is 13.5. The number of ether oxygens (including phenoxy) is 3. The van der Waals surface area contributed by atoms with Gasteiger partial charge in [0.2, 0.25) is 12.7 Å². The zero-order valence-corrected chi connectivity index (χ0v) is 20.7. The number of anilines is 1. The van der Waals surface area contributed by atoms with Crippen molar-refractivity contribution in [2.45, 2.75) is 26.9 Å². The molecule has 2 heterocycles. The Hall–Kier alpha value is -4.14. The van der Waals surface area contributed by atoms with Gasteiger partial charge in [0.25, 0.3) is 0 Å². The molecule has 0 fully saturated rings. The Labute approximate surface area is 210 Å². The highest BCUT2D eigenvalue weighted by Crippen LogP contribution is 2.33. The first-order valence-corrected chi connectivity index (χ1v) is 11.8. The minimum Gasteiger partial charge on any atom is -0.497 e. The Morgan fingerprint density at radius 2 is 1.78 bits per heavy atom. The summed E-state index contributed by atoms with van der Waals surface area (Å²) in [5.41, 5.74) is 1.51. The molecule has 4 rings (SSSR count). The van der Waals surface area contributed by atoms with Crippen LogP contribution in [0, 0.1) is 5.92 Å². The molecule has 9 nitrogen and oxygen atoms in total. The van der Waals surface area contributed by atoms with Gasteiger partial charge in [-0.1, -0.05) is 19.9 Å². The van der Waals surface area contributed by atoms with Gasteiger partial charge in [-0.3, -0.25) is 4.79 Å². The fraction of sp³-hybridized carbons (Fsp3) is 0.333. The zero-order chi connectivity index (χ0) is 25.5. The number of fused-ring (bicyclic) bond motifs is 1. The molecule has 0 spiro atoms. The molecule has 0 saturated carbocycles. The normalized spacial score (nSPS) is 11.9. The number of nitrogens with zero attached hydrogens (tertiary/aromatic N) is 2. The van der Waals surface area contributed by atoms with Crippen LogP contribution in [0.15, 0.2) is 65.3 Å². The zero-order valence-electron chi connectivity index (χ0n) is 20.7. The van der Waals surface area contributed by atoms with Crippen LogP contribution in [0.25, 0.3) is 0 Å². The number of carbonyl (C=O) groups is 2. The second-order valence-electron chi connectivity index (χ2n) is 8.95. The van der Waals surface area contributed by atoms with Crippen LogP contribution in [0.4, 0.5) is 10.5 Å². The Bertz CT molecular complexity index is 1160. The third kappa shape index (κ3) is 6.50. The van der Waals surface area contributed by atoms with Crippen LogP contribution in [-0.2, 0) is 17.9 Å². The molecule has 1 aliphatic heterocycles. The number of benzene rings is 2. The molecular weight excluding hydrogens is 462 g/mol. The molecular formula is C27H31N3O6. The molecule has 1 aliphatic rings. The highest BCUT2D eigenvalue weighted by atomic mass is 16.7. The van der Waals surface area contributed by atoms with Gasteiger partial charge in [0.05, 0.1) is 19.9 Å². The average molecular weight is 494 g/mol. The van der Waals surface area contributed by atoms with E-state index in [0.29, 0.717) is 41.8 Å². The predicted molar refractivity (Wildman–Crippen MR) is 134 cm³/mol. The van der Waals surface area contributed by atoms with Crippen molar-refractivity contribution in [1.82, 2.24) is 9.80 Å². The second-order valence-corrected chi connectivity index (χ2v) is 8.95. The van der Waals surface area contributed by atoms with Gasteiger partial charge >= 0.3 is 6.03 Å². The average Bonchev–Trinajstić information content (AvgIpc) is 3.55. The smallest absolute Gasteiger partial charge is 0.322 e. The van der Waals surface area contributed by atoms with Gasteiger partial charge in [-0.2, -0.15) is 0 Å². The van der Waals surface area contributed by atoms with Crippen LogP contribution in [-0.4, -0.2) is 48.7 Å². The third-order valence-electron chi connectivity index (χ3n) is 5.63. The number of methoxy groups -OCH3 is 1. The lowest BCUT2D eigenvalue weighted by Crippen LogP contribution is -2.45. The fourth-order valence-corrected chi connectivity index (χ4v) is 3.88. The van der Waals surface area contributed by atoms with Gasteiger partial charge < -0.3 is 33.7 Å². The molecule has 2 aromatic carbocycles. The van der Waals surface area contributed by atoms with E-state index in [1.807, 2.05) is 38.1 Å². The third-order valence-corrected chi connectivity index (χ3v) is 5.63. The number of amides is 3. The first-order valence-electron chi connectivity index (χ1n) is 11.8. The molecule has 0 bridgehead atoms. The van der Waals surface area contributed by atoms with E-state index in [0.717, 1.165) is 5.56 Å². The summed E-state index contributed by atoms with van der Waals surface area (Å²) in [5, 5.41) is 2.88. The molecule has 9 heteroatoms. The van der Waals surface area contributed by atoms with Crippen molar-refractivity contribution in [2.75, 3.05) is 32.3 Å². The molecule has 0 aliphatic carbocycles. The van der Waals surface area contributed by atoms with Crippen LogP contribution in [0.2, 0.25) is 0 Å². The monoisotopic (exact) mass is 493 g/mol. The minimum absolute atomic E-state index is 0.0779. The second kappa shape index (κ2) is 11.5. The number of rotatable bonds is 10. The van der Waals surface area contributed by atoms with E-state index in [1.165, 1.54) is 4.90 Å². The quantitative estimate of drug-likeness (QED) is 0.439. The largest absolute Gasteiger partial charge is 0.497 e. The molecule has 36 heavy (non-hydrogen) atoms. The van der Waals surface area contributed by atoms with Crippen LogP contribution < -0.4 is 19.5 Å². The standard InChI is InChI=1S/C27H31N3O6/c1-19(2)14-30(27(32)28-21-7-9-22(33-3)10-8-21)17-26(31)29(16-23-5-4-12-34-23)15-20-6-11-24-25(13-20)36-18-35-24/h4-13,19H,14-18H2,1-3H3,(H,28,32). The number of hydrogen-bond acceptors (Lipinski definition) is 6. The molecule has 1 N–H and O–H groups in total. The molecule has 190 valence electrons. The van der Waals surface area contributed by atoms with Gasteiger partial charge in [-0.25, -0.2) is 4.79 Å². The van der Waals surface area contributed by atoms with Crippen molar-refractivity contribution < 1.29 is 28.2 Å². The van der Waals surface area contributed by atoms with Gasteiger partial charge in [-0.15, -0.1) is 0 Å². The maximum Gasteiger partial charge on any atom is 0.322 e. The molecule has 1 aromatic heterocycles. The first-order chi connectivity index (χ1) is 17.4. The van der Waals surface area contributed by atoms with Crippen LogP contribution in [0.5, 0.6) is 17.2 Å². The SMILES string of the molecule is COc1ccc(NC(=O)N(CC(=O)N(Cc2ccc3c(c2)OCO3)Cc2ccco2)CC(C)C)cc1. The van der Waals surface area contributed by atoms with E-state index in [2.05, 4.69) is 5.32 Å². The first kappa shape index (κ1) is 25.0. The Morgan fingerprint density at radius 1 is 1.00 bits per heavy atom. The van der Waals surface area contributed by atoms with Crippen molar-refractivity contribution >= 4 is 17.6 Å². The number of furan rings is 1. The van der Waals surface area contributed by atoms with Crippen molar-refractivity contribution in [3.05, 3.63) is 72.2 Å². The van der Waals surface area contributed by atoms with Gasteiger partial charge in [0.1, 0.15) is 18.1 Å². The molecule has 0 unspecified atom stereocenters. The van der Waals surface area contributed by atoms with E-state index in [9.17, 15) is 9.59 Å². The molecule has 3 aromatic rings. The van der Waals surface area contributed by atoms with E-state index in [1.54, 1.807) is 48.6 Å². The summed E-state index contributed by atoms with van der Waals surface area (Å²) in [6, 6.07) is 15.9. The summed E-state index contributed by atoms with van der Waals surface area (Å²) in [5.74, 6) is 2.65. The van der Waals surface area contributed by atoms with Gasteiger partial charge in [-0.05, 0) is 60.0 Å². The number of urea groups is 1. The Balaban J connectivity index is 1.49. The number of carbonyl (C=O) groups excluding carboxylic acids is 2. The van der Waals surface area contributed by atoms with Crippen molar-refractivity contribution in [3.8, 4) is 17.2 Å². The lowest BCUT2D eigenvalue weighted by atomic mass is 10.1. The highest BCUT2D eigenvalue weighted by Gasteiger charge is 2.24. The summed E-state index contributed by atoms with van der Waals surface area (Å²) in [6.45, 7) is 5.14. The van der Waals surface area contributed by atoms with E-state index in [4.69, 9.17) is 18.6 Å². The highest BCUT2D eigenvalue weighted by molar-refractivity contribution is 5.92. The van der Waals surface area contributed by atoms with Crippen molar-refractivity contribution in [3.63, 3.8) is 0 Å². The number of nitrogens with one attached hydrogen (secondary N) is 1. The van der Waals surface area contributed by atoms with Crippen LogP contribution in [0.3, 0.4) is 0 Å². The molecule has 0 saturated heterocycles. The van der Waals surface area contributed by atoms with Crippen LogP contribution in [0.1, 0.15) is 25.2 Å². The van der Waals surface area contributed by atoms with E-state index >= 15 is 0 Å². The summed E-state index contributed by atoms with van der Waals surface area (Å²) in [7, 11) is 1.58. The minimum atomic E-state index is -0.344. The topological polar surface area (TPSA) is 93.5 Å². The number of hydrogen-bond donors (Lipinski definition) is 1.